The molecule has 0 radical (unpaired) electrons. The molecule has 11 heteroatoms. The third-order valence-electron chi connectivity index (χ3n) is 8.86. The van der Waals surface area contributed by atoms with Gasteiger partial charge >= 0.3 is 0 Å². The lowest BCUT2D eigenvalue weighted by Crippen LogP contribution is -2.53. The quantitative estimate of drug-likeness (QED) is 0.506. The molecule has 0 bridgehead atoms. The van der Waals surface area contributed by atoms with Gasteiger partial charge in [0.2, 0.25) is 15.9 Å². The zero-order valence-corrected chi connectivity index (χ0v) is 21.9. The maximum atomic E-state index is 13.2. The molecule has 6 rings (SSSR count). The third-order valence-corrected chi connectivity index (χ3v) is 10.9. The maximum absolute atomic E-state index is 13.2. The van der Waals surface area contributed by atoms with E-state index in [0.717, 1.165) is 49.8 Å². The van der Waals surface area contributed by atoms with E-state index in [1.54, 1.807) is 16.4 Å². The zero-order valence-electron chi connectivity index (χ0n) is 21.1. The van der Waals surface area contributed by atoms with Crippen LogP contribution in [0.15, 0.2) is 23.1 Å². The van der Waals surface area contributed by atoms with Gasteiger partial charge in [0, 0.05) is 50.1 Å². The molecule has 1 aromatic carbocycles. The van der Waals surface area contributed by atoms with Gasteiger partial charge in [-0.3, -0.25) is 4.79 Å². The van der Waals surface area contributed by atoms with Crippen LogP contribution in [0.4, 0.5) is 5.69 Å². The number of anilines is 1. The Labute approximate surface area is 218 Å². The molecule has 5 atom stereocenters. The van der Waals surface area contributed by atoms with Crippen molar-refractivity contribution in [3.05, 3.63) is 23.8 Å². The van der Waals surface area contributed by atoms with Crippen molar-refractivity contribution in [2.45, 2.75) is 87.1 Å². The molecule has 3 unspecified atom stereocenters. The van der Waals surface area contributed by atoms with Gasteiger partial charge in [0.05, 0.1) is 22.8 Å². The fourth-order valence-corrected chi connectivity index (χ4v) is 8.83. The van der Waals surface area contributed by atoms with Crippen LogP contribution in [-0.2, 0) is 26.1 Å². The van der Waals surface area contributed by atoms with Gasteiger partial charge in [-0.1, -0.05) is 19.3 Å². The fourth-order valence-electron chi connectivity index (χ4n) is 6.97. The van der Waals surface area contributed by atoms with Gasteiger partial charge in [0.15, 0.2) is 0 Å². The van der Waals surface area contributed by atoms with Crippen molar-refractivity contribution < 1.29 is 17.9 Å². The molecule has 3 N–H and O–H groups in total. The van der Waals surface area contributed by atoms with Crippen LogP contribution >= 0.6 is 0 Å². The summed E-state index contributed by atoms with van der Waals surface area (Å²) in [6, 6.07) is 8.00. The minimum absolute atomic E-state index is 0.0142. The number of sulfonamides is 1. The molecule has 37 heavy (non-hydrogen) atoms. The number of ether oxygens (including phenoxy) is 1. The van der Waals surface area contributed by atoms with Crippen molar-refractivity contribution in [2.24, 2.45) is 11.8 Å². The van der Waals surface area contributed by atoms with Crippen molar-refractivity contribution in [3.8, 4) is 6.07 Å². The number of rotatable bonds is 4. The first-order valence-electron chi connectivity index (χ1n) is 13.7. The van der Waals surface area contributed by atoms with E-state index in [1.807, 2.05) is 6.07 Å². The van der Waals surface area contributed by atoms with E-state index >= 15 is 0 Å². The number of nitriles is 1. The summed E-state index contributed by atoms with van der Waals surface area (Å²) in [4.78, 5) is 13.4. The SMILES string of the molecule is N#C[C@H]1CCCCC[C@@H]1N1NC(Nc2ccc3c(c2)CN(C2CCOCC2)S3(=O)=O)C2C(=O)NCCC21. The van der Waals surface area contributed by atoms with Crippen LogP contribution in [0.2, 0.25) is 0 Å². The molecular weight excluding hydrogens is 492 g/mol. The highest BCUT2D eigenvalue weighted by Gasteiger charge is 2.51. The molecule has 200 valence electrons. The first-order chi connectivity index (χ1) is 18.0. The van der Waals surface area contributed by atoms with Gasteiger partial charge in [-0.2, -0.15) is 9.57 Å². The maximum Gasteiger partial charge on any atom is 0.243 e. The Hall–Kier alpha value is -2.23. The Bertz CT molecular complexity index is 1180. The first-order valence-corrected chi connectivity index (χ1v) is 15.1. The number of nitrogens with zero attached hydrogens (tertiary/aromatic N) is 3. The minimum Gasteiger partial charge on any atom is -0.381 e. The summed E-state index contributed by atoms with van der Waals surface area (Å²) in [5, 5.41) is 18.6. The second-order valence-electron chi connectivity index (χ2n) is 11.0. The Morgan fingerprint density at radius 2 is 1.86 bits per heavy atom. The average Bonchev–Trinajstić information content (AvgIpc) is 3.27. The largest absolute Gasteiger partial charge is 0.381 e. The number of benzene rings is 1. The van der Waals surface area contributed by atoms with Crippen molar-refractivity contribution in [3.63, 3.8) is 0 Å². The second kappa shape index (κ2) is 10.2. The number of hydrazine groups is 1. The molecule has 3 saturated heterocycles. The number of nitrogens with one attached hydrogen (secondary N) is 3. The smallest absolute Gasteiger partial charge is 0.243 e. The monoisotopic (exact) mass is 528 g/mol. The normalized spacial score (nSPS) is 34.7. The molecule has 0 aromatic heterocycles. The standard InChI is InChI=1S/C26H36N6O4S/c27-15-17-4-2-1-3-5-21(17)32-22-8-11-28-26(33)24(22)25(30-32)29-19-6-7-23-18(14-19)16-31(37(23,34)35)20-9-12-36-13-10-20/h6-7,14,17,20-22,24-25,29-30H,1-5,8-13,16H2,(H,28,33)/t17-,21+,22?,24?,25?/m1/s1. The number of hydrogen-bond donors (Lipinski definition) is 3. The molecule has 4 fully saturated rings. The molecule has 1 saturated carbocycles. The number of carbonyl (C=O) groups excluding carboxylic acids is 1. The van der Waals surface area contributed by atoms with Gasteiger partial charge in [0.25, 0.3) is 0 Å². The summed E-state index contributed by atoms with van der Waals surface area (Å²) >= 11 is 0. The summed E-state index contributed by atoms with van der Waals surface area (Å²) in [6.07, 6.45) is 7.06. The summed E-state index contributed by atoms with van der Waals surface area (Å²) in [5.41, 5.74) is 5.16. The Kier molecular flexibility index (Phi) is 6.88. The van der Waals surface area contributed by atoms with Crippen LogP contribution in [0, 0.1) is 23.2 Å². The van der Waals surface area contributed by atoms with E-state index in [-0.39, 0.29) is 42.0 Å². The van der Waals surface area contributed by atoms with Gasteiger partial charge in [-0.15, -0.1) is 0 Å². The highest BCUT2D eigenvalue weighted by molar-refractivity contribution is 7.89. The Balaban J connectivity index is 1.24. The molecular formula is C26H36N6O4S. The van der Waals surface area contributed by atoms with Gasteiger partial charge in [-0.05, 0) is 55.9 Å². The van der Waals surface area contributed by atoms with E-state index in [4.69, 9.17) is 4.74 Å². The van der Waals surface area contributed by atoms with E-state index < -0.39 is 10.0 Å². The van der Waals surface area contributed by atoms with Crippen LogP contribution in [0.3, 0.4) is 0 Å². The number of piperidine rings is 1. The lowest BCUT2D eigenvalue weighted by Gasteiger charge is -2.36. The Morgan fingerprint density at radius 1 is 1.05 bits per heavy atom. The lowest BCUT2D eigenvalue weighted by atomic mass is 9.88. The highest BCUT2D eigenvalue weighted by atomic mass is 32.2. The van der Waals surface area contributed by atoms with Crippen molar-refractivity contribution in [1.29, 1.82) is 5.26 Å². The summed E-state index contributed by atoms with van der Waals surface area (Å²) in [5.74, 6) is -0.340. The number of hydrogen-bond acceptors (Lipinski definition) is 8. The van der Waals surface area contributed by atoms with Crippen molar-refractivity contribution in [2.75, 3.05) is 25.1 Å². The molecule has 10 nitrogen and oxygen atoms in total. The molecule has 4 heterocycles. The molecule has 4 aliphatic heterocycles. The summed E-state index contributed by atoms with van der Waals surface area (Å²) in [7, 11) is -3.52. The van der Waals surface area contributed by atoms with Crippen LogP contribution in [0.1, 0.15) is 56.9 Å². The predicted molar refractivity (Wildman–Crippen MR) is 136 cm³/mol. The molecule has 0 spiro atoms. The van der Waals surface area contributed by atoms with E-state index in [1.165, 1.54) is 0 Å². The topological polar surface area (TPSA) is 127 Å². The molecule has 1 aromatic rings. The predicted octanol–water partition coefficient (Wildman–Crippen LogP) is 1.91. The second-order valence-corrected chi connectivity index (χ2v) is 12.8. The average molecular weight is 529 g/mol. The number of carbonyl (C=O) groups is 1. The van der Waals surface area contributed by atoms with E-state index in [0.29, 0.717) is 44.0 Å². The van der Waals surface area contributed by atoms with Crippen molar-refractivity contribution >= 4 is 21.6 Å². The van der Waals surface area contributed by atoms with Gasteiger partial charge in [0.1, 0.15) is 6.17 Å². The van der Waals surface area contributed by atoms with E-state index in [9.17, 15) is 18.5 Å². The first kappa shape index (κ1) is 25.1. The molecule has 1 aliphatic carbocycles. The van der Waals surface area contributed by atoms with E-state index in [2.05, 4.69) is 27.1 Å². The fraction of sp³-hybridized carbons (Fsp3) is 0.692. The van der Waals surface area contributed by atoms with Gasteiger partial charge in [-0.25, -0.2) is 18.9 Å². The lowest BCUT2D eigenvalue weighted by molar-refractivity contribution is -0.128. The summed E-state index contributed by atoms with van der Waals surface area (Å²) < 4.78 is 33.5. The Morgan fingerprint density at radius 3 is 2.68 bits per heavy atom. The van der Waals surface area contributed by atoms with Crippen LogP contribution in [0.5, 0.6) is 0 Å². The van der Waals surface area contributed by atoms with Crippen LogP contribution in [-0.4, -0.2) is 67.7 Å². The molecule has 1 amide bonds. The summed E-state index contributed by atoms with van der Waals surface area (Å²) in [6.45, 7) is 2.16. The van der Waals surface area contributed by atoms with Gasteiger partial charge < -0.3 is 15.4 Å². The number of amides is 1. The van der Waals surface area contributed by atoms with Crippen LogP contribution in [0.25, 0.3) is 0 Å². The van der Waals surface area contributed by atoms with Crippen molar-refractivity contribution in [1.82, 2.24) is 20.1 Å². The number of fused-ring (bicyclic) bond motifs is 2. The van der Waals surface area contributed by atoms with Crippen LogP contribution < -0.4 is 16.1 Å². The highest BCUT2D eigenvalue weighted by Crippen LogP contribution is 2.38. The minimum atomic E-state index is -3.52. The zero-order chi connectivity index (χ0) is 25.6. The third kappa shape index (κ3) is 4.53. The molecule has 5 aliphatic rings.